The summed E-state index contributed by atoms with van der Waals surface area (Å²) in [7, 11) is 0. The molecular formula is C5H6N2O2. The van der Waals surface area contributed by atoms with Gasteiger partial charge in [-0.05, 0) is 0 Å². The number of H-pyrrole nitrogens is 1. The second-order valence-electron chi connectivity index (χ2n) is 1.71. The zero-order chi connectivity index (χ0) is 6.85. The number of nitrogens with zero attached hydrogens (tertiary/aromatic N) is 1. The second-order valence-corrected chi connectivity index (χ2v) is 1.71. The van der Waals surface area contributed by atoms with Crippen LogP contribution in [-0.4, -0.2) is 5.10 Å². The van der Waals surface area contributed by atoms with Crippen LogP contribution in [0.2, 0.25) is 0 Å². The molecule has 1 aromatic rings. The van der Waals surface area contributed by atoms with Crippen LogP contribution in [0.25, 0.3) is 0 Å². The van der Waals surface area contributed by atoms with Crippen LogP contribution < -0.4 is 10.3 Å². The molecule has 0 aliphatic rings. The van der Waals surface area contributed by atoms with Crippen molar-refractivity contribution in [2.45, 2.75) is 6.92 Å². The maximum atomic E-state index is 10.6. The van der Waals surface area contributed by atoms with E-state index < -0.39 is 0 Å². The van der Waals surface area contributed by atoms with Crippen LogP contribution in [0.1, 0.15) is 5.69 Å². The molecule has 0 saturated heterocycles. The highest BCUT2D eigenvalue weighted by molar-refractivity contribution is 4.91. The largest absolute Gasteiger partial charge is 0.596 e. The van der Waals surface area contributed by atoms with Gasteiger partial charge in [-0.3, -0.25) is 4.79 Å². The Balaban J connectivity index is 3.43. The molecule has 48 valence electrons. The van der Waals surface area contributed by atoms with Gasteiger partial charge in [-0.25, -0.2) is 0 Å². The summed E-state index contributed by atoms with van der Waals surface area (Å²) in [5.41, 5.74) is -0.0822. The number of rotatable bonds is 0. The van der Waals surface area contributed by atoms with Crippen molar-refractivity contribution in [2.24, 2.45) is 0 Å². The SMILES string of the molecule is Cc1c(=O)cc[nH][n+]1[O-]. The fourth-order valence-electron chi connectivity index (χ4n) is 0.498. The van der Waals surface area contributed by atoms with Crippen LogP contribution in [0.15, 0.2) is 17.1 Å². The van der Waals surface area contributed by atoms with Gasteiger partial charge in [0.1, 0.15) is 0 Å². The highest BCUT2D eigenvalue weighted by atomic mass is 16.5. The molecule has 1 heterocycles. The molecule has 1 N–H and O–H groups in total. The minimum atomic E-state index is -0.247. The van der Waals surface area contributed by atoms with E-state index in [9.17, 15) is 10.0 Å². The predicted molar refractivity (Wildman–Crippen MR) is 30.8 cm³/mol. The molecule has 0 aliphatic heterocycles. The van der Waals surface area contributed by atoms with Gasteiger partial charge in [-0.1, -0.05) is 4.85 Å². The molecule has 0 radical (unpaired) electrons. The number of hydrogen-bond acceptors (Lipinski definition) is 2. The summed E-state index contributed by atoms with van der Waals surface area (Å²) in [5, 5.41) is 12.8. The van der Waals surface area contributed by atoms with Crippen molar-refractivity contribution in [3.8, 4) is 0 Å². The second kappa shape index (κ2) is 1.89. The predicted octanol–water partition coefficient (Wildman–Crippen LogP) is -0.683. The number of aromatic amines is 1. The molecular weight excluding hydrogens is 120 g/mol. The number of hydrogen-bond donors (Lipinski definition) is 1. The molecule has 0 aromatic carbocycles. The van der Waals surface area contributed by atoms with Gasteiger partial charge >= 0.3 is 0 Å². The van der Waals surface area contributed by atoms with Crippen LogP contribution in [0.5, 0.6) is 0 Å². The third kappa shape index (κ3) is 0.910. The monoisotopic (exact) mass is 126 g/mol. The van der Waals surface area contributed by atoms with Crippen molar-refractivity contribution >= 4 is 0 Å². The highest BCUT2D eigenvalue weighted by Crippen LogP contribution is 1.70. The third-order valence-electron chi connectivity index (χ3n) is 1.09. The van der Waals surface area contributed by atoms with Crippen molar-refractivity contribution in [3.05, 3.63) is 33.4 Å². The Morgan fingerprint density at radius 3 is 2.89 bits per heavy atom. The first-order valence-corrected chi connectivity index (χ1v) is 2.49. The van der Waals surface area contributed by atoms with E-state index >= 15 is 0 Å². The van der Waals surface area contributed by atoms with E-state index in [4.69, 9.17) is 0 Å². The van der Waals surface area contributed by atoms with Crippen molar-refractivity contribution in [2.75, 3.05) is 0 Å². The van der Waals surface area contributed by atoms with E-state index in [2.05, 4.69) is 5.10 Å². The Hall–Kier alpha value is -1.32. The summed E-state index contributed by atoms with van der Waals surface area (Å²) in [4.78, 5) is 11.0. The van der Waals surface area contributed by atoms with Gasteiger partial charge in [0.2, 0.25) is 5.43 Å². The van der Waals surface area contributed by atoms with Crippen LogP contribution in [0.4, 0.5) is 0 Å². The lowest BCUT2D eigenvalue weighted by Crippen LogP contribution is -2.39. The molecule has 0 aliphatic carbocycles. The summed E-state index contributed by atoms with van der Waals surface area (Å²) in [6.07, 6.45) is 1.31. The highest BCUT2D eigenvalue weighted by Gasteiger charge is 1.99. The average Bonchev–Trinajstić information content (AvgIpc) is 1.83. The fourth-order valence-corrected chi connectivity index (χ4v) is 0.498. The van der Waals surface area contributed by atoms with Crippen LogP contribution in [0.3, 0.4) is 0 Å². The Morgan fingerprint density at radius 1 is 1.78 bits per heavy atom. The first kappa shape index (κ1) is 5.81. The Labute approximate surface area is 51.3 Å². The maximum absolute atomic E-state index is 10.6. The molecule has 0 atom stereocenters. The lowest BCUT2D eigenvalue weighted by molar-refractivity contribution is -0.676. The molecule has 0 unspecified atom stereocenters. The van der Waals surface area contributed by atoms with Gasteiger partial charge in [0.25, 0.3) is 5.69 Å². The van der Waals surface area contributed by atoms with Gasteiger partial charge in [0.05, 0.1) is 6.20 Å². The summed E-state index contributed by atoms with van der Waals surface area (Å²) in [5.74, 6) is 0. The van der Waals surface area contributed by atoms with E-state index in [1.54, 1.807) is 0 Å². The van der Waals surface area contributed by atoms with Gasteiger partial charge in [0, 0.05) is 13.0 Å². The lowest BCUT2D eigenvalue weighted by atomic mass is 10.4. The molecule has 0 amide bonds. The minimum Gasteiger partial charge on any atom is -0.596 e. The molecule has 4 nitrogen and oxygen atoms in total. The first-order valence-electron chi connectivity index (χ1n) is 2.49. The van der Waals surface area contributed by atoms with Crippen molar-refractivity contribution in [1.82, 2.24) is 5.10 Å². The minimum absolute atomic E-state index is 0.164. The van der Waals surface area contributed by atoms with Gasteiger partial charge in [-0.2, -0.15) is 5.10 Å². The number of aromatic nitrogens is 2. The summed E-state index contributed by atoms with van der Waals surface area (Å²) in [6.45, 7) is 1.46. The van der Waals surface area contributed by atoms with E-state index in [0.29, 0.717) is 4.85 Å². The third-order valence-corrected chi connectivity index (χ3v) is 1.09. The van der Waals surface area contributed by atoms with Crippen molar-refractivity contribution in [1.29, 1.82) is 0 Å². The zero-order valence-electron chi connectivity index (χ0n) is 4.92. The summed E-state index contributed by atoms with van der Waals surface area (Å²) in [6, 6.07) is 1.31. The van der Waals surface area contributed by atoms with Gasteiger partial charge < -0.3 is 5.21 Å². The van der Waals surface area contributed by atoms with Crippen LogP contribution in [-0.2, 0) is 0 Å². The normalized spacial score (nSPS) is 9.44. The number of nitrogens with one attached hydrogen (secondary N) is 1. The molecule has 4 heteroatoms. The molecule has 0 spiro atoms. The Kier molecular flexibility index (Phi) is 1.22. The zero-order valence-corrected chi connectivity index (χ0v) is 4.92. The van der Waals surface area contributed by atoms with E-state index in [-0.39, 0.29) is 11.1 Å². The van der Waals surface area contributed by atoms with Crippen LogP contribution >= 0.6 is 0 Å². The topological polar surface area (TPSA) is 59.8 Å². The standard InChI is InChI=1S/C5H6N2O2/c1-4-5(8)2-3-6-7(4)9/h2-3,6H,1H3. The van der Waals surface area contributed by atoms with Gasteiger partial charge in [-0.15, -0.1) is 0 Å². The molecule has 1 rings (SSSR count). The smallest absolute Gasteiger partial charge is 0.263 e. The Morgan fingerprint density at radius 2 is 2.44 bits per heavy atom. The van der Waals surface area contributed by atoms with Crippen molar-refractivity contribution in [3.63, 3.8) is 0 Å². The quantitative estimate of drug-likeness (QED) is 0.369. The van der Waals surface area contributed by atoms with E-state index in [1.165, 1.54) is 19.2 Å². The molecule has 1 aromatic heterocycles. The average molecular weight is 126 g/mol. The van der Waals surface area contributed by atoms with E-state index in [0.717, 1.165) is 0 Å². The van der Waals surface area contributed by atoms with E-state index in [1.807, 2.05) is 0 Å². The summed E-state index contributed by atoms with van der Waals surface area (Å²) >= 11 is 0. The molecule has 0 saturated carbocycles. The Bertz CT molecular complexity index is 266. The fraction of sp³-hybridized carbons (Fsp3) is 0.200. The van der Waals surface area contributed by atoms with Crippen molar-refractivity contribution < 1.29 is 4.85 Å². The summed E-state index contributed by atoms with van der Waals surface area (Å²) < 4.78 is 0. The van der Waals surface area contributed by atoms with Crippen LogP contribution in [0, 0.1) is 12.1 Å². The molecule has 9 heavy (non-hydrogen) atoms. The molecule has 0 fully saturated rings. The first-order chi connectivity index (χ1) is 4.22. The lowest BCUT2D eigenvalue weighted by Gasteiger charge is -1.94. The maximum Gasteiger partial charge on any atom is 0.263 e. The van der Waals surface area contributed by atoms with Gasteiger partial charge in [0.15, 0.2) is 0 Å². The molecule has 0 bridgehead atoms.